The maximum atomic E-state index is 5.52. The third-order valence-electron chi connectivity index (χ3n) is 3.53. The second-order valence-corrected chi connectivity index (χ2v) is 6.01. The minimum absolute atomic E-state index is 0.132. The molecule has 6 nitrogen and oxygen atoms in total. The van der Waals surface area contributed by atoms with Gasteiger partial charge in [0.25, 0.3) is 0 Å². The molecule has 0 spiro atoms. The van der Waals surface area contributed by atoms with Crippen LogP contribution in [0.2, 0.25) is 0 Å². The number of hydrogen-bond acceptors (Lipinski definition) is 7. The smallest absolute Gasteiger partial charge is 0.233 e. The Morgan fingerprint density at radius 2 is 2.35 bits per heavy atom. The van der Waals surface area contributed by atoms with Crippen LogP contribution < -0.4 is 5.32 Å². The lowest BCUT2D eigenvalue weighted by atomic mass is 9.96. The largest absolute Gasteiger partial charge is 0.381 e. The van der Waals surface area contributed by atoms with E-state index in [0.29, 0.717) is 30.8 Å². The fourth-order valence-electron chi connectivity index (χ4n) is 2.47. The number of nitrogens with zero attached hydrogens (tertiary/aromatic N) is 3. The van der Waals surface area contributed by atoms with Crippen LogP contribution in [0.1, 0.15) is 34.8 Å². The summed E-state index contributed by atoms with van der Waals surface area (Å²) in [4.78, 5) is 8.92. The van der Waals surface area contributed by atoms with Gasteiger partial charge in [-0.3, -0.25) is 0 Å². The monoisotopic (exact) mass is 294 g/mol. The molecular formula is C13H18N4O2S. The van der Waals surface area contributed by atoms with Gasteiger partial charge in [-0.1, -0.05) is 5.16 Å². The number of ether oxygens (including phenoxy) is 1. The average molecular weight is 294 g/mol. The van der Waals surface area contributed by atoms with Crippen molar-refractivity contribution in [1.29, 1.82) is 0 Å². The van der Waals surface area contributed by atoms with E-state index in [4.69, 9.17) is 9.26 Å². The summed E-state index contributed by atoms with van der Waals surface area (Å²) in [7, 11) is 1.96. The van der Waals surface area contributed by atoms with Gasteiger partial charge in [-0.2, -0.15) is 4.98 Å². The third kappa shape index (κ3) is 2.89. The summed E-state index contributed by atoms with van der Waals surface area (Å²) in [5, 5.41) is 10.4. The molecular weight excluding hydrogens is 276 g/mol. The van der Waals surface area contributed by atoms with Crippen molar-refractivity contribution in [3.05, 3.63) is 27.8 Å². The summed E-state index contributed by atoms with van der Waals surface area (Å²) in [5.74, 6) is 1.48. The van der Waals surface area contributed by atoms with Crippen LogP contribution in [-0.2, 0) is 11.2 Å². The zero-order valence-corrected chi connectivity index (χ0v) is 12.4. The molecule has 2 aromatic rings. The Morgan fingerprint density at radius 1 is 1.45 bits per heavy atom. The highest BCUT2D eigenvalue weighted by molar-refractivity contribution is 7.09. The third-order valence-corrected chi connectivity index (χ3v) is 4.36. The molecule has 1 fully saturated rings. The van der Waals surface area contributed by atoms with E-state index in [-0.39, 0.29) is 5.92 Å². The predicted octanol–water partition coefficient (Wildman–Crippen LogP) is 1.52. The molecule has 1 aliphatic rings. The second kappa shape index (κ2) is 5.99. The van der Waals surface area contributed by atoms with Crippen molar-refractivity contribution < 1.29 is 9.26 Å². The fraction of sp³-hybridized carbons (Fsp3) is 0.615. The van der Waals surface area contributed by atoms with Crippen molar-refractivity contribution in [2.45, 2.75) is 31.7 Å². The Kier molecular flexibility index (Phi) is 4.09. The Balaban J connectivity index is 1.72. The van der Waals surface area contributed by atoms with E-state index in [2.05, 4.69) is 20.4 Å². The van der Waals surface area contributed by atoms with Gasteiger partial charge in [0, 0.05) is 18.0 Å². The van der Waals surface area contributed by atoms with Crippen LogP contribution in [0, 0.1) is 6.92 Å². The van der Waals surface area contributed by atoms with E-state index in [1.54, 1.807) is 11.3 Å². The molecule has 108 valence electrons. The molecule has 0 aromatic carbocycles. The van der Waals surface area contributed by atoms with E-state index in [1.807, 2.05) is 19.4 Å². The zero-order chi connectivity index (χ0) is 13.9. The van der Waals surface area contributed by atoms with Crippen LogP contribution in [-0.4, -0.2) is 41.4 Å². The number of aryl methyl sites for hydroxylation is 1. The molecule has 0 amide bonds. The molecule has 20 heavy (non-hydrogen) atoms. The highest BCUT2D eigenvalue weighted by Crippen LogP contribution is 2.25. The Labute approximate surface area is 121 Å². The molecule has 1 aliphatic heterocycles. The fourth-order valence-corrected chi connectivity index (χ4v) is 3.08. The molecule has 3 rings (SSSR count). The molecule has 2 atom stereocenters. The van der Waals surface area contributed by atoms with Crippen molar-refractivity contribution in [3.63, 3.8) is 0 Å². The van der Waals surface area contributed by atoms with Gasteiger partial charge in [0.2, 0.25) is 5.89 Å². The van der Waals surface area contributed by atoms with Gasteiger partial charge < -0.3 is 14.6 Å². The first-order valence-corrected chi connectivity index (χ1v) is 7.62. The van der Waals surface area contributed by atoms with Crippen molar-refractivity contribution in [1.82, 2.24) is 20.4 Å². The molecule has 1 saturated heterocycles. The number of hydrogen-bond donors (Lipinski definition) is 1. The van der Waals surface area contributed by atoms with Crippen LogP contribution in [0.25, 0.3) is 0 Å². The highest BCUT2D eigenvalue weighted by Gasteiger charge is 2.30. The molecule has 2 aromatic heterocycles. The van der Waals surface area contributed by atoms with Gasteiger partial charge in [-0.15, -0.1) is 11.3 Å². The lowest BCUT2D eigenvalue weighted by Gasteiger charge is -2.28. The Bertz CT molecular complexity index is 568. The summed E-state index contributed by atoms with van der Waals surface area (Å²) in [6.07, 6.45) is 1.58. The maximum absolute atomic E-state index is 5.52. The van der Waals surface area contributed by atoms with Crippen LogP contribution in [0.5, 0.6) is 0 Å². The standard InChI is InChI=1S/C13H18N4O2S/c1-8-15-9(7-20-8)5-12-16-13(19-17-12)10-6-18-4-3-11(10)14-2/h7,10-11,14H,3-6H2,1-2H3. The number of aromatic nitrogens is 3. The van der Waals surface area contributed by atoms with E-state index < -0.39 is 0 Å². The first-order valence-electron chi connectivity index (χ1n) is 6.74. The second-order valence-electron chi connectivity index (χ2n) is 4.95. The lowest BCUT2D eigenvalue weighted by molar-refractivity contribution is 0.0516. The van der Waals surface area contributed by atoms with Crippen LogP contribution >= 0.6 is 11.3 Å². The van der Waals surface area contributed by atoms with Gasteiger partial charge in [-0.25, -0.2) is 4.98 Å². The molecule has 0 aliphatic carbocycles. The van der Waals surface area contributed by atoms with Crippen molar-refractivity contribution in [2.24, 2.45) is 0 Å². The number of nitrogens with one attached hydrogen (secondary N) is 1. The first kappa shape index (κ1) is 13.7. The Hall–Kier alpha value is -1.31. The molecule has 7 heteroatoms. The molecule has 3 heterocycles. The van der Waals surface area contributed by atoms with Crippen molar-refractivity contribution in [3.8, 4) is 0 Å². The van der Waals surface area contributed by atoms with E-state index in [0.717, 1.165) is 23.7 Å². The predicted molar refractivity (Wildman–Crippen MR) is 75.0 cm³/mol. The summed E-state index contributed by atoms with van der Waals surface area (Å²) >= 11 is 1.64. The van der Waals surface area contributed by atoms with Gasteiger partial charge in [0.1, 0.15) is 0 Å². The number of likely N-dealkylation sites (N-methyl/N-ethyl adjacent to an activating group) is 1. The summed E-state index contributed by atoms with van der Waals surface area (Å²) in [6, 6.07) is 0.332. The molecule has 0 saturated carbocycles. The topological polar surface area (TPSA) is 73.1 Å². The van der Waals surface area contributed by atoms with Crippen LogP contribution in [0.3, 0.4) is 0 Å². The van der Waals surface area contributed by atoms with Crippen molar-refractivity contribution >= 4 is 11.3 Å². The number of thiazole rings is 1. The van der Waals surface area contributed by atoms with Gasteiger partial charge >= 0.3 is 0 Å². The molecule has 0 radical (unpaired) electrons. The van der Waals surface area contributed by atoms with Gasteiger partial charge in [0.15, 0.2) is 5.82 Å². The molecule has 1 N–H and O–H groups in total. The first-order chi connectivity index (χ1) is 9.76. The SMILES string of the molecule is CNC1CCOCC1c1nc(Cc2csc(C)n2)no1. The van der Waals surface area contributed by atoms with Gasteiger partial charge in [-0.05, 0) is 20.4 Å². The zero-order valence-electron chi connectivity index (χ0n) is 11.6. The van der Waals surface area contributed by atoms with Crippen molar-refractivity contribution in [2.75, 3.05) is 20.3 Å². The minimum atomic E-state index is 0.132. The van der Waals surface area contributed by atoms with Gasteiger partial charge in [0.05, 0.1) is 29.6 Å². The molecule has 0 bridgehead atoms. The summed E-state index contributed by atoms with van der Waals surface area (Å²) < 4.78 is 10.9. The molecule has 2 unspecified atom stereocenters. The summed E-state index contributed by atoms with van der Waals surface area (Å²) in [6.45, 7) is 3.40. The summed E-state index contributed by atoms with van der Waals surface area (Å²) in [5.41, 5.74) is 0.991. The average Bonchev–Trinajstić information content (AvgIpc) is 3.08. The van der Waals surface area contributed by atoms with E-state index >= 15 is 0 Å². The highest BCUT2D eigenvalue weighted by atomic mass is 32.1. The van der Waals surface area contributed by atoms with Crippen LogP contribution in [0.4, 0.5) is 0 Å². The maximum Gasteiger partial charge on any atom is 0.233 e. The Morgan fingerprint density at radius 3 is 3.10 bits per heavy atom. The van der Waals surface area contributed by atoms with Crippen LogP contribution in [0.15, 0.2) is 9.90 Å². The van der Waals surface area contributed by atoms with E-state index in [9.17, 15) is 0 Å². The number of rotatable bonds is 4. The lowest BCUT2D eigenvalue weighted by Crippen LogP contribution is -2.39. The minimum Gasteiger partial charge on any atom is -0.381 e. The quantitative estimate of drug-likeness (QED) is 0.921. The van der Waals surface area contributed by atoms with E-state index in [1.165, 1.54) is 0 Å². The normalized spacial score (nSPS) is 23.1.